The Hall–Kier alpha value is -3.79. The molecule has 3 heterocycles. The molecule has 5 rings (SSSR count). The first-order chi connectivity index (χ1) is 14.7. The van der Waals surface area contributed by atoms with E-state index in [4.69, 9.17) is 19.3 Å². The van der Waals surface area contributed by atoms with E-state index in [2.05, 4.69) is 11.2 Å². The molecule has 3 aromatic rings. The highest BCUT2D eigenvalue weighted by molar-refractivity contribution is 5.93. The van der Waals surface area contributed by atoms with E-state index in [1.807, 2.05) is 47.4 Å². The second-order valence-electron chi connectivity index (χ2n) is 7.44. The molecule has 1 aromatic heterocycles. The number of ether oxygens (including phenoxy) is 2. The molecular formula is C23H19N3O4. The SMILES string of the molecule is N#Cc1ccc(C2CCN(C(=O)c3cc(-c4ccc5c(c4)OCO5)on3)CC2)cc1. The molecule has 30 heavy (non-hydrogen) atoms. The van der Waals surface area contributed by atoms with Crippen LogP contribution in [0, 0.1) is 11.3 Å². The number of nitrogens with zero attached hydrogens (tertiary/aromatic N) is 3. The maximum absolute atomic E-state index is 12.9. The number of rotatable bonds is 3. The lowest BCUT2D eigenvalue weighted by Gasteiger charge is -2.31. The van der Waals surface area contributed by atoms with Gasteiger partial charge in [0.2, 0.25) is 6.79 Å². The van der Waals surface area contributed by atoms with Gasteiger partial charge in [-0.25, -0.2) is 0 Å². The molecule has 2 aliphatic rings. The molecule has 0 atom stereocenters. The molecule has 2 aromatic carbocycles. The first kappa shape index (κ1) is 18.3. The number of likely N-dealkylation sites (tertiary alicyclic amines) is 1. The molecule has 0 radical (unpaired) electrons. The monoisotopic (exact) mass is 401 g/mol. The van der Waals surface area contributed by atoms with Crippen LogP contribution in [0.5, 0.6) is 11.5 Å². The molecule has 0 unspecified atom stereocenters. The first-order valence-corrected chi connectivity index (χ1v) is 9.87. The number of hydrogen-bond acceptors (Lipinski definition) is 6. The molecule has 0 saturated carbocycles. The zero-order chi connectivity index (χ0) is 20.5. The van der Waals surface area contributed by atoms with Crippen molar-refractivity contribution in [3.8, 4) is 28.9 Å². The van der Waals surface area contributed by atoms with Crippen LogP contribution in [0.1, 0.15) is 40.4 Å². The topological polar surface area (TPSA) is 88.6 Å². The molecule has 2 aliphatic heterocycles. The van der Waals surface area contributed by atoms with Crippen molar-refractivity contribution in [1.82, 2.24) is 10.1 Å². The van der Waals surface area contributed by atoms with Gasteiger partial charge in [-0.1, -0.05) is 17.3 Å². The second-order valence-corrected chi connectivity index (χ2v) is 7.44. The molecule has 7 nitrogen and oxygen atoms in total. The Kier molecular flexibility index (Phi) is 4.60. The Bertz CT molecular complexity index is 1120. The van der Waals surface area contributed by atoms with Crippen molar-refractivity contribution in [1.29, 1.82) is 5.26 Å². The van der Waals surface area contributed by atoms with Crippen LogP contribution >= 0.6 is 0 Å². The van der Waals surface area contributed by atoms with E-state index >= 15 is 0 Å². The zero-order valence-electron chi connectivity index (χ0n) is 16.2. The fourth-order valence-corrected chi connectivity index (χ4v) is 3.97. The lowest BCUT2D eigenvalue weighted by atomic mass is 9.89. The van der Waals surface area contributed by atoms with Gasteiger partial charge in [-0.05, 0) is 54.7 Å². The van der Waals surface area contributed by atoms with Crippen molar-refractivity contribution in [3.05, 3.63) is 65.4 Å². The highest BCUT2D eigenvalue weighted by atomic mass is 16.7. The molecule has 0 bridgehead atoms. The van der Waals surface area contributed by atoms with Crippen LogP contribution in [0.4, 0.5) is 0 Å². The third-order valence-corrected chi connectivity index (χ3v) is 5.68. The number of aromatic nitrogens is 1. The van der Waals surface area contributed by atoms with Crippen molar-refractivity contribution < 1.29 is 18.8 Å². The van der Waals surface area contributed by atoms with Crippen molar-refractivity contribution in [2.75, 3.05) is 19.9 Å². The number of amides is 1. The van der Waals surface area contributed by atoms with Crippen LogP contribution in [0.3, 0.4) is 0 Å². The molecule has 150 valence electrons. The average Bonchev–Trinajstić information content (AvgIpc) is 3.48. The highest BCUT2D eigenvalue weighted by Gasteiger charge is 2.27. The molecule has 7 heteroatoms. The number of carbonyl (C=O) groups excluding carboxylic acids is 1. The zero-order valence-corrected chi connectivity index (χ0v) is 16.2. The van der Waals surface area contributed by atoms with E-state index in [1.54, 1.807) is 6.07 Å². The minimum atomic E-state index is -0.121. The lowest BCUT2D eigenvalue weighted by Crippen LogP contribution is -2.38. The molecule has 1 amide bonds. The summed E-state index contributed by atoms with van der Waals surface area (Å²) >= 11 is 0. The lowest BCUT2D eigenvalue weighted by molar-refractivity contribution is 0.0702. The Balaban J connectivity index is 1.24. The predicted octanol–water partition coefficient (Wildman–Crippen LogP) is 3.96. The average molecular weight is 401 g/mol. The first-order valence-electron chi connectivity index (χ1n) is 9.87. The van der Waals surface area contributed by atoms with Gasteiger partial charge in [0.1, 0.15) is 0 Å². The maximum Gasteiger partial charge on any atom is 0.276 e. The minimum absolute atomic E-state index is 0.121. The van der Waals surface area contributed by atoms with Crippen LogP contribution in [0.25, 0.3) is 11.3 Å². The van der Waals surface area contributed by atoms with Gasteiger partial charge < -0.3 is 18.9 Å². The largest absolute Gasteiger partial charge is 0.454 e. The van der Waals surface area contributed by atoms with Gasteiger partial charge in [-0.3, -0.25) is 4.79 Å². The maximum atomic E-state index is 12.9. The number of benzene rings is 2. The third-order valence-electron chi connectivity index (χ3n) is 5.68. The third kappa shape index (κ3) is 3.37. The summed E-state index contributed by atoms with van der Waals surface area (Å²) in [6.07, 6.45) is 1.76. The van der Waals surface area contributed by atoms with Crippen LogP contribution in [0.2, 0.25) is 0 Å². The van der Waals surface area contributed by atoms with E-state index in [0.29, 0.717) is 47.5 Å². The quantitative estimate of drug-likeness (QED) is 0.660. The van der Waals surface area contributed by atoms with Crippen LogP contribution in [-0.2, 0) is 0 Å². The van der Waals surface area contributed by atoms with E-state index in [1.165, 1.54) is 5.56 Å². The number of piperidine rings is 1. The smallest absolute Gasteiger partial charge is 0.276 e. The van der Waals surface area contributed by atoms with Crippen molar-refractivity contribution >= 4 is 5.91 Å². The summed E-state index contributed by atoms with van der Waals surface area (Å²) in [6.45, 7) is 1.53. The Morgan fingerprint density at radius 2 is 1.80 bits per heavy atom. The fraction of sp³-hybridized carbons (Fsp3) is 0.261. The molecule has 0 N–H and O–H groups in total. The van der Waals surface area contributed by atoms with Crippen LogP contribution in [-0.4, -0.2) is 35.8 Å². The summed E-state index contributed by atoms with van der Waals surface area (Å²) in [5.41, 5.74) is 2.97. The minimum Gasteiger partial charge on any atom is -0.454 e. The summed E-state index contributed by atoms with van der Waals surface area (Å²) in [6, 6.07) is 17.0. The van der Waals surface area contributed by atoms with E-state index < -0.39 is 0 Å². The standard InChI is InChI=1S/C23H19N3O4/c24-13-15-1-3-16(4-2-15)17-7-9-26(10-8-17)23(27)19-12-21(30-25-19)18-5-6-20-22(11-18)29-14-28-20/h1-6,11-12,17H,7-10,14H2. The molecule has 0 aliphatic carbocycles. The Morgan fingerprint density at radius 3 is 2.57 bits per heavy atom. The Labute approximate surface area is 173 Å². The van der Waals surface area contributed by atoms with Crippen molar-refractivity contribution in [2.45, 2.75) is 18.8 Å². The Morgan fingerprint density at radius 1 is 1.03 bits per heavy atom. The second kappa shape index (κ2) is 7.56. The number of hydrogen-bond donors (Lipinski definition) is 0. The fourth-order valence-electron chi connectivity index (χ4n) is 3.97. The number of carbonyl (C=O) groups is 1. The normalized spacial score (nSPS) is 15.8. The molecule has 0 spiro atoms. The summed E-state index contributed by atoms with van der Waals surface area (Å²) < 4.78 is 16.1. The van der Waals surface area contributed by atoms with E-state index in [-0.39, 0.29) is 12.7 Å². The van der Waals surface area contributed by atoms with Crippen molar-refractivity contribution in [2.24, 2.45) is 0 Å². The van der Waals surface area contributed by atoms with Crippen molar-refractivity contribution in [3.63, 3.8) is 0 Å². The predicted molar refractivity (Wildman–Crippen MR) is 107 cm³/mol. The van der Waals surface area contributed by atoms with Gasteiger partial charge in [0.25, 0.3) is 5.91 Å². The molecule has 1 fully saturated rings. The molecular weight excluding hydrogens is 382 g/mol. The molecule has 1 saturated heterocycles. The number of fused-ring (bicyclic) bond motifs is 1. The summed E-state index contributed by atoms with van der Waals surface area (Å²) in [5.74, 6) is 2.14. The van der Waals surface area contributed by atoms with Gasteiger partial charge in [0.05, 0.1) is 11.6 Å². The van der Waals surface area contributed by atoms with Gasteiger partial charge in [-0.2, -0.15) is 5.26 Å². The van der Waals surface area contributed by atoms with Gasteiger partial charge in [-0.15, -0.1) is 0 Å². The van der Waals surface area contributed by atoms with Crippen LogP contribution < -0.4 is 9.47 Å². The van der Waals surface area contributed by atoms with Gasteiger partial charge in [0.15, 0.2) is 23.0 Å². The number of nitriles is 1. The van der Waals surface area contributed by atoms with Gasteiger partial charge >= 0.3 is 0 Å². The summed E-state index contributed by atoms with van der Waals surface area (Å²) in [7, 11) is 0. The van der Waals surface area contributed by atoms with E-state index in [9.17, 15) is 4.79 Å². The highest BCUT2D eigenvalue weighted by Crippen LogP contribution is 2.36. The summed E-state index contributed by atoms with van der Waals surface area (Å²) in [5, 5.41) is 12.9. The van der Waals surface area contributed by atoms with E-state index in [0.717, 1.165) is 18.4 Å². The van der Waals surface area contributed by atoms with Gasteiger partial charge in [0, 0.05) is 24.7 Å². The summed E-state index contributed by atoms with van der Waals surface area (Å²) in [4.78, 5) is 14.7. The van der Waals surface area contributed by atoms with Crippen LogP contribution in [0.15, 0.2) is 53.1 Å².